The minimum Gasteiger partial charge on any atom is -0.370 e. The lowest BCUT2D eigenvalue weighted by molar-refractivity contribution is -0.404. The monoisotopic (exact) mass is 347 g/mol. The Bertz CT molecular complexity index is 545. The number of rotatable bonds is 10. The maximum atomic E-state index is 12.0. The topological polar surface area (TPSA) is 100 Å². The molecule has 10 heteroatoms. The molecule has 0 aromatic carbocycles. The Balaban J connectivity index is 2.37. The van der Waals surface area contributed by atoms with Gasteiger partial charge in [-0.3, -0.25) is 14.3 Å². The summed E-state index contributed by atoms with van der Waals surface area (Å²) >= 11 is 1.56. The van der Waals surface area contributed by atoms with E-state index in [1.54, 1.807) is 18.4 Å². The van der Waals surface area contributed by atoms with Crippen LogP contribution in [-0.2, 0) is 23.1 Å². The van der Waals surface area contributed by atoms with Gasteiger partial charge in [-0.15, -0.1) is 11.3 Å². The summed E-state index contributed by atoms with van der Waals surface area (Å²) < 4.78 is 12.0. The molecule has 0 radical (unpaired) electrons. The highest BCUT2D eigenvalue weighted by Crippen LogP contribution is 2.12. The first-order valence-electron chi connectivity index (χ1n) is 6.60. The van der Waals surface area contributed by atoms with E-state index in [2.05, 4.69) is 15.6 Å². The van der Waals surface area contributed by atoms with E-state index in [1.165, 1.54) is 0 Å². The molecule has 0 aliphatic heterocycles. The molecule has 0 fully saturated rings. The third-order valence-corrected chi connectivity index (χ3v) is 4.67. The fourth-order valence-electron chi connectivity index (χ4n) is 1.60. The molecule has 1 rings (SSSR count). The van der Waals surface area contributed by atoms with Crippen molar-refractivity contribution < 1.29 is 9.13 Å². The molecular weight excluding hydrogens is 326 g/mol. The van der Waals surface area contributed by atoms with Crippen LogP contribution in [0, 0.1) is 10.1 Å². The van der Waals surface area contributed by atoms with E-state index in [9.17, 15) is 14.3 Å². The molecule has 0 saturated carbocycles. The highest BCUT2D eigenvalue weighted by Gasteiger charge is 2.08. The predicted molar refractivity (Wildman–Crippen MR) is 88.4 cm³/mol. The van der Waals surface area contributed by atoms with Crippen LogP contribution >= 0.6 is 11.3 Å². The lowest BCUT2D eigenvalue weighted by Gasteiger charge is -2.07. The highest BCUT2D eigenvalue weighted by atomic mass is 32.2. The third-order valence-electron chi connectivity index (χ3n) is 2.51. The van der Waals surface area contributed by atoms with Gasteiger partial charge < -0.3 is 15.5 Å². The van der Waals surface area contributed by atoms with E-state index < -0.39 is 15.7 Å². The van der Waals surface area contributed by atoms with Crippen molar-refractivity contribution in [3.05, 3.63) is 38.2 Å². The van der Waals surface area contributed by atoms with Crippen LogP contribution in [0.5, 0.6) is 0 Å². The molecule has 1 heterocycles. The molecule has 1 aromatic rings. The van der Waals surface area contributed by atoms with Crippen LogP contribution in [0.1, 0.15) is 10.7 Å². The van der Waals surface area contributed by atoms with Gasteiger partial charge in [-0.1, -0.05) is 0 Å². The molecule has 1 atom stereocenters. The van der Waals surface area contributed by atoms with Crippen molar-refractivity contribution in [2.24, 2.45) is 0 Å². The largest absolute Gasteiger partial charge is 0.370 e. The quantitative estimate of drug-likeness (QED) is 0.465. The number of hydrogen-bond acceptors (Lipinski definition) is 8. The zero-order chi connectivity index (χ0) is 16.5. The fraction of sp³-hybridized carbons (Fsp3) is 0.583. The van der Waals surface area contributed by atoms with Crippen molar-refractivity contribution in [3.63, 3.8) is 0 Å². The summed E-state index contributed by atoms with van der Waals surface area (Å²) in [6.07, 6.45) is 0.844. The van der Waals surface area contributed by atoms with Crippen molar-refractivity contribution in [3.8, 4) is 0 Å². The van der Waals surface area contributed by atoms with Crippen LogP contribution in [0.3, 0.4) is 0 Å². The minimum absolute atomic E-state index is 0.295. The average molecular weight is 347 g/mol. The standard InChI is InChI=1S/C12H21N5O3S2/c1-13-11(6-17(18)19)14-4-5-22(20)9-10-8-21-12(15-10)7-16(2)3/h6,8,13-14H,4-5,7,9H2,1-3H3/b11-6+/t22-/m1/s1. The first kappa shape index (κ1) is 18.5. The normalized spacial score (nSPS) is 13.2. The molecule has 0 aliphatic carbocycles. The van der Waals surface area contributed by atoms with Crippen molar-refractivity contribution in [1.29, 1.82) is 0 Å². The van der Waals surface area contributed by atoms with Crippen LogP contribution < -0.4 is 10.6 Å². The van der Waals surface area contributed by atoms with Crippen LogP contribution in [0.4, 0.5) is 0 Å². The Hall–Kier alpha value is -1.52. The third kappa shape index (κ3) is 7.48. The molecule has 0 amide bonds. The van der Waals surface area contributed by atoms with Gasteiger partial charge in [0.2, 0.25) is 0 Å². The summed E-state index contributed by atoms with van der Waals surface area (Å²) in [5.41, 5.74) is 0.829. The Labute approximate surface area is 136 Å². The summed E-state index contributed by atoms with van der Waals surface area (Å²) in [5, 5.41) is 18.8. The van der Waals surface area contributed by atoms with Crippen molar-refractivity contribution in [2.75, 3.05) is 33.4 Å². The molecular formula is C12H21N5O3S2. The molecule has 0 unspecified atom stereocenters. The van der Waals surface area contributed by atoms with Crippen molar-refractivity contribution in [1.82, 2.24) is 20.5 Å². The highest BCUT2D eigenvalue weighted by molar-refractivity contribution is 7.84. The summed E-state index contributed by atoms with van der Waals surface area (Å²) in [6, 6.07) is 0. The predicted octanol–water partition coefficient (Wildman–Crippen LogP) is 0.338. The van der Waals surface area contributed by atoms with E-state index in [4.69, 9.17) is 0 Å². The lowest BCUT2D eigenvalue weighted by atomic mass is 10.5. The summed E-state index contributed by atoms with van der Waals surface area (Å²) in [6.45, 7) is 1.16. The number of thiazole rings is 1. The molecule has 0 aliphatic rings. The number of nitrogens with zero attached hydrogens (tertiary/aromatic N) is 3. The maximum Gasteiger partial charge on any atom is 0.274 e. The number of nitrogens with one attached hydrogen (secondary N) is 2. The first-order valence-corrected chi connectivity index (χ1v) is 8.97. The van der Waals surface area contributed by atoms with Crippen molar-refractivity contribution in [2.45, 2.75) is 12.3 Å². The zero-order valence-electron chi connectivity index (χ0n) is 12.9. The van der Waals surface area contributed by atoms with Gasteiger partial charge in [-0.2, -0.15) is 0 Å². The average Bonchev–Trinajstić information content (AvgIpc) is 2.83. The van der Waals surface area contributed by atoms with Gasteiger partial charge in [-0.05, 0) is 14.1 Å². The first-order chi connectivity index (χ1) is 10.4. The van der Waals surface area contributed by atoms with E-state index >= 15 is 0 Å². The Morgan fingerprint density at radius 1 is 1.59 bits per heavy atom. The van der Waals surface area contributed by atoms with Gasteiger partial charge in [0.05, 0.1) is 16.4 Å². The minimum atomic E-state index is -1.06. The van der Waals surface area contributed by atoms with Crippen LogP contribution in [0.15, 0.2) is 17.4 Å². The van der Waals surface area contributed by atoms with E-state index in [-0.39, 0.29) is 0 Å². The second-order valence-electron chi connectivity index (χ2n) is 4.76. The van der Waals surface area contributed by atoms with Crippen LogP contribution in [0.25, 0.3) is 0 Å². The van der Waals surface area contributed by atoms with E-state index in [0.717, 1.165) is 23.4 Å². The van der Waals surface area contributed by atoms with Gasteiger partial charge >= 0.3 is 0 Å². The molecule has 0 spiro atoms. The second kappa shape index (κ2) is 9.49. The lowest BCUT2D eigenvalue weighted by Crippen LogP contribution is -2.28. The SMILES string of the molecule is CN/C(=C\[N+](=O)[O-])NCC[S@@](=O)Cc1csc(CN(C)C)n1. The molecule has 124 valence electrons. The molecule has 0 saturated heterocycles. The van der Waals surface area contributed by atoms with Crippen molar-refractivity contribution >= 4 is 22.1 Å². The van der Waals surface area contributed by atoms with Gasteiger partial charge in [0.15, 0.2) is 5.82 Å². The molecule has 0 bridgehead atoms. The van der Waals surface area contributed by atoms with Crippen LogP contribution in [0.2, 0.25) is 0 Å². The number of nitro groups is 1. The fourth-order valence-corrected chi connectivity index (χ4v) is 3.57. The smallest absolute Gasteiger partial charge is 0.274 e. The van der Waals surface area contributed by atoms with Gasteiger partial charge in [0.1, 0.15) is 5.01 Å². The Morgan fingerprint density at radius 2 is 2.32 bits per heavy atom. The number of aromatic nitrogens is 1. The van der Waals surface area contributed by atoms with Gasteiger partial charge in [-0.25, -0.2) is 4.98 Å². The summed E-state index contributed by atoms with van der Waals surface area (Å²) in [5.74, 6) is 1.10. The van der Waals surface area contributed by atoms with Gasteiger partial charge in [0.25, 0.3) is 6.20 Å². The van der Waals surface area contributed by atoms with Gasteiger partial charge in [0, 0.05) is 42.1 Å². The molecule has 2 N–H and O–H groups in total. The molecule has 8 nitrogen and oxygen atoms in total. The Morgan fingerprint density at radius 3 is 2.91 bits per heavy atom. The molecule has 1 aromatic heterocycles. The van der Waals surface area contributed by atoms with E-state index in [0.29, 0.717) is 23.9 Å². The summed E-state index contributed by atoms with van der Waals surface area (Å²) in [7, 11) is 4.48. The summed E-state index contributed by atoms with van der Waals surface area (Å²) in [4.78, 5) is 16.3. The van der Waals surface area contributed by atoms with E-state index in [1.807, 2.05) is 24.4 Å². The maximum absolute atomic E-state index is 12.0. The zero-order valence-corrected chi connectivity index (χ0v) is 14.5. The number of hydrogen-bond donors (Lipinski definition) is 2. The molecule has 22 heavy (non-hydrogen) atoms. The second-order valence-corrected chi connectivity index (χ2v) is 7.28. The Kier molecular flexibility index (Phi) is 7.99. The van der Waals surface area contributed by atoms with Crippen LogP contribution in [-0.4, -0.2) is 52.5 Å².